The number of carbonyl (C=O) groups is 2. The van der Waals surface area contributed by atoms with Gasteiger partial charge in [0.05, 0.1) is 16.2 Å². The Balaban J connectivity index is 1.66. The number of hydrogen-bond donors (Lipinski definition) is 2. The zero-order chi connectivity index (χ0) is 20.8. The van der Waals surface area contributed by atoms with Crippen LogP contribution in [0.5, 0.6) is 0 Å². The zero-order valence-electron chi connectivity index (χ0n) is 16.4. The minimum absolute atomic E-state index is 0.285. The van der Waals surface area contributed by atoms with Gasteiger partial charge in [0.2, 0.25) is 0 Å². The lowest BCUT2D eigenvalue weighted by atomic mass is 9.96. The van der Waals surface area contributed by atoms with Gasteiger partial charge in [0.1, 0.15) is 5.82 Å². The van der Waals surface area contributed by atoms with Crippen molar-refractivity contribution in [3.05, 3.63) is 58.9 Å². The van der Waals surface area contributed by atoms with E-state index in [1.54, 1.807) is 12.4 Å². The fraction of sp³-hybridized carbons (Fsp3) is 0.227. The van der Waals surface area contributed by atoms with E-state index in [1.807, 2.05) is 30.3 Å². The van der Waals surface area contributed by atoms with E-state index < -0.39 is 11.8 Å². The van der Waals surface area contributed by atoms with Gasteiger partial charge >= 0.3 is 0 Å². The molecule has 0 spiro atoms. The number of likely N-dealkylation sites (N-methyl/N-ethyl adjacent to an activating group) is 1. The van der Waals surface area contributed by atoms with Crippen LogP contribution >= 0.6 is 11.6 Å². The molecule has 1 fully saturated rings. The first-order valence-corrected chi connectivity index (χ1v) is 10.2. The highest BCUT2D eigenvalue weighted by Crippen LogP contribution is 2.38. The van der Waals surface area contributed by atoms with E-state index in [2.05, 4.69) is 32.1 Å². The number of aromatic nitrogens is 2. The number of nitrogens with one attached hydrogen (secondary N) is 2. The molecule has 2 N–H and O–H groups in total. The van der Waals surface area contributed by atoms with Crippen molar-refractivity contribution in [2.24, 2.45) is 0 Å². The number of fused-ring (bicyclic) bond motifs is 1. The number of halogens is 1. The van der Waals surface area contributed by atoms with Crippen molar-refractivity contribution >= 4 is 51.3 Å². The molecular formula is C22H20ClN5O2. The van der Waals surface area contributed by atoms with Gasteiger partial charge in [0.15, 0.2) is 0 Å². The Bertz CT molecular complexity index is 1210. The molecule has 152 valence electrons. The molecule has 0 atom stereocenters. The molecule has 4 heterocycles. The van der Waals surface area contributed by atoms with Crippen molar-refractivity contribution in [3.63, 3.8) is 0 Å². The molecule has 8 heteroatoms. The molecule has 2 aromatic heterocycles. The van der Waals surface area contributed by atoms with Crippen molar-refractivity contribution in [3.8, 4) is 0 Å². The third-order valence-electron chi connectivity index (χ3n) is 5.73. The van der Waals surface area contributed by atoms with Crippen LogP contribution in [0.2, 0.25) is 5.02 Å². The van der Waals surface area contributed by atoms with E-state index in [0.717, 1.165) is 42.9 Å². The third kappa shape index (κ3) is 3.07. The number of anilines is 1. The quantitative estimate of drug-likeness (QED) is 0.635. The molecule has 0 unspecified atom stereocenters. The molecule has 2 aliphatic heterocycles. The molecule has 3 aromatic rings. The van der Waals surface area contributed by atoms with E-state index in [0.29, 0.717) is 21.7 Å². The number of H-pyrrole nitrogens is 1. The van der Waals surface area contributed by atoms with Gasteiger partial charge in [-0.25, -0.2) is 4.98 Å². The number of amides is 2. The first-order valence-electron chi connectivity index (χ1n) is 9.79. The highest BCUT2D eigenvalue weighted by Gasteiger charge is 2.35. The number of para-hydroxylation sites is 1. The number of nitrogens with zero attached hydrogens (tertiary/aromatic N) is 3. The molecule has 5 rings (SSSR count). The Morgan fingerprint density at radius 2 is 1.70 bits per heavy atom. The lowest BCUT2D eigenvalue weighted by Gasteiger charge is -2.33. The van der Waals surface area contributed by atoms with Crippen molar-refractivity contribution in [2.75, 3.05) is 38.1 Å². The summed E-state index contributed by atoms with van der Waals surface area (Å²) < 4.78 is 0. The molecule has 1 saturated heterocycles. The Morgan fingerprint density at radius 3 is 2.47 bits per heavy atom. The monoisotopic (exact) mass is 421 g/mol. The molecule has 30 heavy (non-hydrogen) atoms. The predicted octanol–water partition coefficient (Wildman–Crippen LogP) is 2.54. The maximum absolute atomic E-state index is 12.8. The maximum atomic E-state index is 12.8. The van der Waals surface area contributed by atoms with E-state index in [9.17, 15) is 9.59 Å². The van der Waals surface area contributed by atoms with Gasteiger partial charge in [-0.15, -0.1) is 0 Å². The molecule has 2 aliphatic rings. The second-order valence-corrected chi connectivity index (χ2v) is 8.00. The van der Waals surface area contributed by atoms with Crippen LogP contribution in [0.25, 0.3) is 22.0 Å². The SMILES string of the molecule is CN1CCN(c2cc(C3=C(c4c[nH]c5ccccc45)C(=O)NC3=O)c(Cl)cn2)CC1. The summed E-state index contributed by atoms with van der Waals surface area (Å²) in [5.74, 6) is -0.119. The van der Waals surface area contributed by atoms with Crippen LogP contribution < -0.4 is 10.2 Å². The third-order valence-corrected chi connectivity index (χ3v) is 6.03. The van der Waals surface area contributed by atoms with Crippen LogP contribution in [0.3, 0.4) is 0 Å². The second-order valence-electron chi connectivity index (χ2n) is 7.59. The highest BCUT2D eigenvalue weighted by atomic mass is 35.5. The first kappa shape index (κ1) is 18.8. The van der Waals surface area contributed by atoms with Crippen molar-refractivity contribution in [1.82, 2.24) is 20.2 Å². The average Bonchev–Trinajstić information content (AvgIpc) is 3.29. The topological polar surface area (TPSA) is 81.3 Å². The minimum atomic E-state index is -0.447. The summed E-state index contributed by atoms with van der Waals surface area (Å²) in [6.45, 7) is 3.54. The number of hydrogen-bond acceptors (Lipinski definition) is 5. The number of imide groups is 1. The summed E-state index contributed by atoms with van der Waals surface area (Å²) in [6, 6.07) is 9.49. The van der Waals surface area contributed by atoms with E-state index in [1.165, 1.54) is 0 Å². The summed E-state index contributed by atoms with van der Waals surface area (Å²) in [4.78, 5) is 37.6. The minimum Gasteiger partial charge on any atom is -0.361 e. The molecule has 0 saturated carbocycles. The average molecular weight is 422 g/mol. The number of piperazine rings is 1. The molecule has 0 aliphatic carbocycles. The molecule has 7 nitrogen and oxygen atoms in total. The van der Waals surface area contributed by atoms with Gasteiger partial charge in [-0.1, -0.05) is 29.8 Å². The fourth-order valence-corrected chi connectivity index (χ4v) is 4.27. The van der Waals surface area contributed by atoms with Crippen LogP contribution in [-0.2, 0) is 9.59 Å². The fourth-order valence-electron chi connectivity index (χ4n) is 4.08. The summed E-state index contributed by atoms with van der Waals surface area (Å²) in [6.07, 6.45) is 3.31. The van der Waals surface area contributed by atoms with E-state index >= 15 is 0 Å². The van der Waals surface area contributed by atoms with Crippen LogP contribution in [0.1, 0.15) is 11.1 Å². The summed E-state index contributed by atoms with van der Waals surface area (Å²) in [7, 11) is 2.09. The van der Waals surface area contributed by atoms with Gasteiger partial charge < -0.3 is 14.8 Å². The standard InChI is InChI=1S/C22H20ClN5O2/c1-27-6-8-28(9-7-27)18-10-14(16(23)12-25-18)19-20(22(30)26-21(19)29)15-11-24-17-5-3-2-4-13(15)17/h2-5,10-12,24H,6-9H2,1H3,(H,26,29,30). The van der Waals surface area contributed by atoms with Crippen molar-refractivity contribution in [2.45, 2.75) is 0 Å². The molecule has 2 amide bonds. The number of pyridine rings is 1. The zero-order valence-corrected chi connectivity index (χ0v) is 17.2. The Morgan fingerprint density at radius 1 is 1.00 bits per heavy atom. The van der Waals surface area contributed by atoms with E-state index in [-0.39, 0.29) is 5.57 Å². The lowest BCUT2D eigenvalue weighted by molar-refractivity contribution is -0.122. The van der Waals surface area contributed by atoms with Crippen LogP contribution in [0.15, 0.2) is 42.7 Å². The number of benzene rings is 1. The number of rotatable bonds is 3. The highest BCUT2D eigenvalue weighted by molar-refractivity contribution is 6.51. The maximum Gasteiger partial charge on any atom is 0.259 e. The van der Waals surface area contributed by atoms with Gasteiger partial charge in [0.25, 0.3) is 11.8 Å². The first-order chi connectivity index (χ1) is 14.5. The van der Waals surface area contributed by atoms with E-state index in [4.69, 9.17) is 11.6 Å². The number of carbonyl (C=O) groups excluding carboxylic acids is 2. The summed E-state index contributed by atoms with van der Waals surface area (Å²) in [5.41, 5.74) is 2.70. The van der Waals surface area contributed by atoms with Crippen molar-refractivity contribution in [1.29, 1.82) is 0 Å². The smallest absolute Gasteiger partial charge is 0.259 e. The van der Waals surface area contributed by atoms with Gasteiger partial charge in [-0.2, -0.15) is 0 Å². The van der Waals surface area contributed by atoms with Gasteiger partial charge in [0, 0.05) is 60.6 Å². The Hall–Kier alpha value is -3.16. The van der Waals surface area contributed by atoms with Crippen molar-refractivity contribution < 1.29 is 9.59 Å². The Kier molecular flexibility index (Phi) is 4.56. The normalized spacial score (nSPS) is 17.9. The largest absolute Gasteiger partial charge is 0.361 e. The van der Waals surface area contributed by atoms with Gasteiger partial charge in [-0.05, 0) is 19.2 Å². The molecular weight excluding hydrogens is 402 g/mol. The molecule has 1 aromatic carbocycles. The summed E-state index contributed by atoms with van der Waals surface area (Å²) >= 11 is 6.47. The summed E-state index contributed by atoms with van der Waals surface area (Å²) in [5, 5.41) is 3.65. The van der Waals surface area contributed by atoms with Crippen LogP contribution in [0.4, 0.5) is 5.82 Å². The number of aromatic amines is 1. The van der Waals surface area contributed by atoms with Gasteiger partial charge in [-0.3, -0.25) is 14.9 Å². The van der Waals surface area contributed by atoms with Crippen LogP contribution in [-0.4, -0.2) is 59.9 Å². The Labute approximate surface area is 178 Å². The molecule has 0 bridgehead atoms. The van der Waals surface area contributed by atoms with Crippen LogP contribution in [0, 0.1) is 0 Å². The predicted molar refractivity (Wildman–Crippen MR) is 117 cm³/mol. The molecule has 0 radical (unpaired) electrons. The lowest BCUT2D eigenvalue weighted by Crippen LogP contribution is -2.44. The second kappa shape index (κ2) is 7.27.